The van der Waals surface area contributed by atoms with Gasteiger partial charge < -0.3 is 9.47 Å². The van der Waals surface area contributed by atoms with Crippen LogP contribution in [-0.4, -0.2) is 53.9 Å². The fraction of sp³-hybridized carbons (Fsp3) is 1.00. The van der Waals surface area contributed by atoms with Crippen molar-refractivity contribution in [3.05, 3.63) is 0 Å². The first-order valence-electron chi connectivity index (χ1n) is 10.3. The van der Waals surface area contributed by atoms with Crippen molar-refractivity contribution in [2.75, 3.05) is 6.61 Å². The Balaban J connectivity index is 5.92. The molecular weight excluding hydrogens is 478 g/mol. The highest BCUT2D eigenvalue weighted by Gasteiger charge is 2.59. The van der Waals surface area contributed by atoms with Crippen LogP contribution in [0.5, 0.6) is 0 Å². The first-order chi connectivity index (χ1) is 14.4. The zero-order chi connectivity index (χ0) is 26.7. The van der Waals surface area contributed by atoms with E-state index in [2.05, 4.69) is 9.47 Å². The van der Waals surface area contributed by atoms with Gasteiger partial charge >= 0.3 is 18.7 Å². The van der Waals surface area contributed by atoms with Crippen LogP contribution in [0.25, 0.3) is 0 Å². The number of ether oxygens (including phenoxy) is 3. The number of hydrogen-bond donors (Lipinski definition) is 0. The van der Waals surface area contributed by atoms with Gasteiger partial charge in [-0.3, -0.25) is 4.74 Å². The number of hydrogen-bond acceptors (Lipinski definition) is 3. The van der Waals surface area contributed by atoms with Gasteiger partial charge in [-0.05, 0) is 47.0 Å². The van der Waals surface area contributed by atoms with Crippen LogP contribution in [0, 0.1) is 0 Å². The van der Waals surface area contributed by atoms with Crippen LogP contribution in [0.15, 0.2) is 0 Å². The van der Waals surface area contributed by atoms with E-state index in [0.29, 0.717) is 13.8 Å². The van der Waals surface area contributed by atoms with Gasteiger partial charge in [-0.25, -0.2) is 4.39 Å². The van der Waals surface area contributed by atoms with E-state index >= 15 is 4.39 Å². The van der Waals surface area contributed by atoms with Crippen molar-refractivity contribution in [3.8, 4) is 0 Å². The molecule has 13 heteroatoms. The first kappa shape index (κ1) is 32.2. The molecule has 200 valence electrons. The second-order valence-corrected chi connectivity index (χ2v) is 8.86. The zero-order valence-electron chi connectivity index (χ0n) is 19.6. The van der Waals surface area contributed by atoms with Gasteiger partial charge in [-0.15, -0.1) is 13.2 Å². The molecule has 33 heavy (non-hydrogen) atoms. The minimum Gasteiger partial charge on any atom is -0.369 e. The van der Waals surface area contributed by atoms with Gasteiger partial charge in [0.25, 0.3) is 0 Å². The summed E-state index contributed by atoms with van der Waals surface area (Å²) >= 11 is 0. The highest BCUT2D eigenvalue weighted by molar-refractivity contribution is 4.99. The highest BCUT2D eigenvalue weighted by Crippen LogP contribution is 2.45. The molecule has 0 aliphatic rings. The summed E-state index contributed by atoms with van der Waals surface area (Å²) in [5.41, 5.74) is -10.2. The van der Waals surface area contributed by atoms with E-state index < -0.39 is 66.7 Å². The lowest BCUT2D eigenvalue weighted by Crippen LogP contribution is -2.56. The third-order valence-corrected chi connectivity index (χ3v) is 6.19. The molecule has 0 fully saturated rings. The molecule has 5 unspecified atom stereocenters. The monoisotopic (exact) mass is 510 g/mol. The SMILES string of the molecule is CCC(C)(COC(C)(CC)C(C)(F)CC(OC(C)(CC)C(F)(F)F)C(F)(F)F)OC(F)(F)F. The summed E-state index contributed by atoms with van der Waals surface area (Å²) in [6, 6.07) is 0. The molecule has 0 aromatic carbocycles. The molecule has 0 bridgehead atoms. The molecule has 0 heterocycles. The van der Waals surface area contributed by atoms with Gasteiger partial charge in [0.2, 0.25) is 0 Å². The summed E-state index contributed by atoms with van der Waals surface area (Å²) in [5.74, 6) is 0. The quantitative estimate of drug-likeness (QED) is 0.252. The Morgan fingerprint density at radius 1 is 0.667 bits per heavy atom. The van der Waals surface area contributed by atoms with E-state index in [1.54, 1.807) is 0 Å². The van der Waals surface area contributed by atoms with Crippen LogP contribution in [-0.2, 0) is 14.2 Å². The Hall–Kier alpha value is -0.820. The highest BCUT2D eigenvalue weighted by atomic mass is 19.4. The van der Waals surface area contributed by atoms with Gasteiger partial charge in [0.15, 0.2) is 11.7 Å². The van der Waals surface area contributed by atoms with Gasteiger partial charge in [0.05, 0.1) is 17.8 Å². The average molecular weight is 510 g/mol. The predicted molar refractivity (Wildman–Crippen MR) is 100 cm³/mol. The van der Waals surface area contributed by atoms with Crippen LogP contribution in [0.4, 0.5) is 43.9 Å². The van der Waals surface area contributed by atoms with Crippen molar-refractivity contribution in [2.24, 2.45) is 0 Å². The van der Waals surface area contributed by atoms with Gasteiger partial charge in [0.1, 0.15) is 5.67 Å². The van der Waals surface area contributed by atoms with E-state index in [-0.39, 0.29) is 12.8 Å². The molecule has 0 saturated heterocycles. The van der Waals surface area contributed by atoms with E-state index in [9.17, 15) is 39.5 Å². The van der Waals surface area contributed by atoms with E-state index in [1.807, 2.05) is 0 Å². The summed E-state index contributed by atoms with van der Waals surface area (Å²) in [7, 11) is 0. The number of halogens is 10. The molecule has 3 nitrogen and oxygen atoms in total. The number of alkyl halides is 10. The molecule has 0 radical (unpaired) electrons. The Morgan fingerprint density at radius 2 is 1.12 bits per heavy atom. The maximum absolute atomic E-state index is 15.7. The molecule has 0 aliphatic carbocycles. The molecule has 0 amide bonds. The van der Waals surface area contributed by atoms with Crippen LogP contribution in [0.1, 0.15) is 74.1 Å². The lowest BCUT2D eigenvalue weighted by molar-refractivity contribution is -0.374. The molecule has 0 N–H and O–H groups in total. The molecule has 0 saturated carbocycles. The molecule has 0 aliphatic heterocycles. The van der Waals surface area contributed by atoms with Crippen molar-refractivity contribution in [2.45, 2.75) is 121 Å². The summed E-state index contributed by atoms with van der Waals surface area (Å²) < 4.78 is 148. The van der Waals surface area contributed by atoms with E-state index in [0.717, 1.165) is 20.8 Å². The molecule has 0 aromatic rings. The minimum atomic E-state index is -5.36. The molecule has 0 aromatic heterocycles. The van der Waals surface area contributed by atoms with Crippen molar-refractivity contribution in [1.82, 2.24) is 0 Å². The topological polar surface area (TPSA) is 27.7 Å². The molecule has 0 spiro atoms. The Morgan fingerprint density at radius 3 is 1.42 bits per heavy atom. The normalized spacial score (nSPS) is 22.1. The Kier molecular flexibility index (Phi) is 10.2. The predicted octanol–water partition coefficient (Wildman–Crippen LogP) is 7.67. The lowest BCUT2D eigenvalue weighted by Gasteiger charge is -2.45. The minimum absolute atomic E-state index is 0.232. The second-order valence-electron chi connectivity index (χ2n) is 8.86. The molecule has 5 atom stereocenters. The average Bonchev–Trinajstić information content (AvgIpc) is 2.62. The first-order valence-corrected chi connectivity index (χ1v) is 10.3. The fourth-order valence-corrected chi connectivity index (χ4v) is 2.87. The maximum Gasteiger partial charge on any atom is 0.523 e. The van der Waals surface area contributed by atoms with Crippen LogP contribution in [0.3, 0.4) is 0 Å². The van der Waals surface area contributed by atoms with Crippen LogP contribution in [0.2, 0.25) is 0 Å². The fourth-order valence-electron chi connectivity index (χ4n) is 2.87. The van der Waals surface area contributed by atoms with Crippen molar-refractivity contribution in [3.63, 3.8) is 0 Å². The van der Waals surface area contributed by atoms with Gasteiger partial charge in [0, 0.05) is 6.42 Å². The van der Waals surface area contributed by atoms with Crippen LogP contribution < -0.4 is 0 Å². The summed E-state index contributed by atoms with van der Waals surface area (Å²) in [6.45, 7) is 5.98. The molecular formula is C20H32F10O3. The van der Waals surface area contributed by atoms with Gasteiger partial charge in [-0.2, -0.15) is 26.3 Å². The largest absolute Gasteiger partial charge is 0.523 e. The Bertz CT molecular complexity index is 617. The van der Waals surface area contributed by atoms with E-state index in [1.165, 1.54) is 13.8 Å². The third kappa shape index (κ3) is 8.72. The van der Waals surface area contributed by atoms with Gasteiger partial charge in [-0.1, -0.05) is 20.8 Å². The van der Waals surface area contributed by atoms with Crippen LogP contribution >= 0.6 is 0 Å². The maximum atomic E-state index is 15.7. The summed E-state index contributed by atoms with van der Waals surface area (Å²) in [4.78, 5) is 0. The zero-order valence-corrected chi connectivity index (χ0v) is 19.6. The van der Waals surface area contributed by atoms with Crippen molar-refractivity contribution >= 4 is 0 Å². The van der Waals surface area contributed by atoms with Crippen molar-refractivity contribution < 1.29 is 58.1 Å². The van der Waals surface area contributed by atoms with Crippen molar-refractivity contribution in [1.29, 1.82) is 0 Å². The Labute approximate surface area is 187 Å². The standard InChI is InChI=1S/C20H32F10O3/c1-8-14(4,33-20(28,29)30)12-31-16(6,9-2)15(5,21)11-13(18(22,23)24)32-17(7,10-3)19(25,26)27/h13H,8-12H2,1-7H3. The third-order valence-electron chi connectivity index (χ3n) is 6.19. The van der Waals surface area contributed by atoms with E-state index in [4.69, 9.17) is 4.74 Å². The second kappa shape index (κ2) is 10.4. The molecule has 0 rings (SSSR count). The smallest absolute Gasteiger partial charge is 0.369 e. The summed E-state index contributed by atoms with van der Waals surface area (Å²) in [5, 5.41) is 0. The summed E-state index contributed by atoms with van der Waals surface area (Å²) in [6.07, 6.45) is -21.7. The lowest BCUT2D eigenvalue weighted by atomic mass is 9.80. The number of rotatable bonds is 12.